The maximum absolute atomic E-state index is 6.17. The van der Waals surface area contributed by atoms with Gasteiger partial charge >= 0.3 is 0 Å². The fourth-order valence-corrected chi connectivity index (χ4v) is 5.08. The number of nitrogens with one attached hydrogen (secondary N) is 1. The molecule has 3 N–H and O–H groups in total. The summed E-state index contributed by atoms with van der Waals surface area (Å²) in [5.41, 5.74) is 6.61. The van der Waals surface area contributed by atoms with Crippen LogP contribution in [0.25, 0.3) is 0 Å². The molecular weight excluding hydrogens is 484 g/mol. The molecule has 1 aliphatic heterocycles. The van der Waals surface area contributed by atoms with Crippen molar-refractivity contribution in [2.24, 2.45) is 5.90 Å². The lowest BCUT2D eigenvalue weighted by Gasteiger charge is -2.39. The van der Waals surface area contributed by atoms with Crippen molar-refractivity contribution in [3.8, 4) is 5.75 Å². The lowest BCUT2D eigenvalue weighted by atomic mass is 9.96. The first-order valence-electron chi connectivity index (χ1n) is 13.3. The number of halogens is 1. The second-order valence-electron chi connectivity index (χ2n) is 9.56. The van der Waals surface area contributed by atoms with Crippen LogP contribution in [0.5, 0.6) is 5.75 Å². The van der Waals surface area contributed by atoms with Gasteiger partial charge in [-0.2, -0.15) is 11.4 Å². The highest BCUT2D eigenvalue weighted by Gasteiger charge is 2.26. The van der Waals surface area contributed by atoms with Crippen LogP contribution in [-0.4, -0.2) is 55.7 Å². The quantitative estimate of drug-likeness (QED) is 0.223. The van der Waals surface area contributed by atoms with Crippen molar-refractivity contribution in [1.82, 2.24) is 15.3 Å². The molecule has 1 saturated heterocycles. The van der Waals surface area contributed by atoms with Gasteiger partial charge in [0.15, 0.2) is 0 Å². The molecule has 0 unspecified atom stereocenters. The van der Waals surface area contributed by atoms with Crippen molar-refractivity contribution in [2.45, 2.75) is 31.7 Å². The minimum atomic E-state index is 0.253. The van der Waals surface area contributed by atoms with Crippen LogP contribution in [0.3, 0.4) is 0 Å². The molecule has 198 valence electrons. The Balaban J connectivity index is 1.18. The Kier molecular flexibility index (Phi) is 11.2. The number of aryl methyl sites for hydroxylation is 1. The Morgan fingerprint density at radius 3 is 2.22 bits per heavy atom. The van der Waals surface area contributed by atoms with Crippen LogP contribution < -0.4 is 16.1 Å². The van der Waals surface area contributed by atoms with Gasteiger partial charge in [0, 0.05) is 44.3 Å². The predicted molar refractivity (Wildman–Crippen MR) is 151 cm³/mol. The monoisotopic (exact) mass is 522 g/mol. The first-order valence-corrected chi connectivity index (χ1v) is 13.7. The van der Waals surface area contributed by atoms with Gasteiger partial charge in [0.1, 0.15) is 5.75 Å². The van der Waals surface area contributed by atoms with Gasteiger partial charge in [-0.05, 0) is 66.6 Å². The van der Waals surface area contributed by atoms with E-state index in [4.69, 9.17) is 22.2 Å². The number of rotatable bonds is 14. The van der Waals surface area contributed by atoms with Gasteiger partial charge in [-0.15, -0.1) is 0 Å². The van der Waals surface area contributed by atoms with E-state index in [1.54, 1.807) is 0 Å². The first-order chi connectivity index (χ1) is 18.2. The molecular formula is C30H39ClN4O2. The van der Waals surface area contributed by atoms with Crippen molar-refractivity contribution < 1.29 is 9.68 Å². The summed E-state index contributed by atoms with van der Waals surface area (Å²) in [5.74, 6) is 5.90. The molecule has 1 aliphatic rings. The zero-order valence-corrected chi connectivity index (χ0v) is 22.3. The second-order valence-corrected chi connectivity index (χ2v) is 9.99. The molecule has 0 aromatic heterocycles. The highest BCUT2D eigenvalue weighted by Crippen LogP contribution is 2.30. The van der Waals surface area contributed by atoms with Crippen LogP contribution in [-0.2, 0) is 11.4 Å². The number of benzene rings is 3. The summed E-state index contributed by atoms with van der Waals surface area (Å²) in [6.45, 7) is 6.78. The molecule has 1 atom stereocenters. The number of piperazine rings is 1. The van der Waals surface area contributed by atoms with Gasteiger partial charge in [-0.1, -0.05) is 66.2 Å². The fraction of sp³-hybridized carbons (Fsp3) is 0.400. The van der Waals surface area contributed by atoms with Gasteiger partial charge in [-0.3, -0.25) is 4.90 Å². The Bertz CT molecular complexity index is 1030. The minimum absolute atomic E-state index is 0.253. The minimum Gasteiger partial charge on any atom is -0.494 e. The summed E-state index contributed by atoms with van der Waals surface area (Å²) in [6, 6.07) is 27.8. The van der Waals surface area contributed by atoms with Gasteiger partial charge in [-0.25, -0.2) is 4.94 Å². The normalized spacial score (nSPS) is 15.5. The Morgan fingerprint density at radius 1 is 0.811 bits per heavy atom. The van der Waals surface area contributed by atoms with Crippen molar-refractivity contribution in [3.05, 3.63) is 101 Å². The summed E-state index contributed by atoms with van der Waals surface area (Å²) in [5, 5.41) is 0.779. The molecule has 0 saturated carbocycles. The third kappa shape index (κ3) is 8.82. The number of nitrogens with two attached hydrogens (primary N) is 1. The first kappa shape index (κ1) is 27.6. The molecule has 7 heteroatoms. The molecule has 0 radical (unpaired) electrons. The summed E-state index contributed by atoms with van der Waals surface area (Å²) in [7, 11) is 0. The lowest BCUT2D eigenvalue weighted by molar-refractivity contribution is 0.0402. The molecule has 6 nitrogen and oxygen atoms in total. The van der Waals surface area contributed by atoms with Gasteiger partial charge in [0.2, 0.25) is 0 Å². The standard InChI is InChI=1S/C30H39ClN4O2/c31-28-14-12-27(13-15-28)30(26-8-2-1-3-9-26)35-22-20-34(21-23-35)19-6-24-36-29-16-10-25(11-17-29)7-4-5-18-33-37-32/h1-3,8-17,30,33H,4-7,18-24,32H2/t30-/m1/s1. The van der Waals surface area contributed by atoms with E-state index in [1.165, 1.54) is 16.7 Å². The van der Waals surface area contributed by atoms with E-state index in [0.29, 0.717) is 0 Å². The lowest BCUT2D eigenvalue weighted by Crippen LogP contribution is -2.48. The van der Waals surface area contributed by atoms with E-state index >= 15 is 0 Å². The van der Waals surface area contributed by atoms with Gasteiger partial charge in [0.05, 0.1) is 12.6 Å². The van der Waals surface area contributed by atoms with E-state index in [-0.39, 0.29) is 6.04 Å². The molecule has 0 amide bonds. The second kappa shape index (κ2) is 15.1. The van der Waals surface area contributed by atoms with E-state index < -0.39 is 0 Å². The molecule has 1 fully saturated rings. The third-order valence-corrected chi connectivity index (χ3v) is 7.21. The molecule has 1 heterocycles. The van der Waals surface area contributed by atoms with Crippen molar-refractivity contribution in [1.29, 1.82) is 0 Å². The van der Waals surface area contributed by atoms with E-state index in [2.05, 4.69) is 86.9 Å². The summed E-state index contributed by atoms with van der Waals surface area (Å²) in [4.78, 5) is 9.52. The number of unbranched alkanes of at least 4 members (excludes halogenated alkanes) is 1. The van der Waals surface area contributed by atoms with Crippen LogP contribution in [0.4, 0.5) is 0 Å². The molecule has 4 rings (SSSR count). The highest BCUT2D eigenvalue weighted by atomic mass is 35.5. The third-order valence-electron chi connectivity index (χ3n) is 6.96. The van der Waals surface area contributed by atoms with E-state index in [9.17, 15) is 0 Å². The van der Waals surface area contributed by atoms with Crippen molar-refractivity contribution >= 4 is 11.6 Å². The molecule has 0 aliphatic carbocycles. The Morgan fingerprint density at radius 2 is 1.51 bits per heavy atom. The van der Waals surface area contributed by atoms with Crippen LogP contribution in [0, 0.1) is 0 Å². The van der Waals surface area contributed by atoms with E-state index in [1.807, 2.05) is 12.1 Å². The average molecular weight is 523 g/mol. The van der Waals surface area contributed by atoms with Crippen LogP contribution >= 0.6 is 11.6 Å². The average Bonchev–Trinajstić information content (AvgIpc) is 2.94. The summed E-state index contributed by atoms with van der Waals surface area (Å²) in [6.07, 6.45) is 4.19. The predicted octanol–water partition coefficient (Wildman–Crippen LogP) is 5.23. The molecule has 0 spiro atoms. The van der Waals surface area contributed by atoms with E-state index in [0.717, 1.165) is 82.3 Å². The van der Waals surface area contributed by atoms with Crippen molar-refractivity contribution in [3.63, 3.8) is 0 Å². The zero-order chi connectivity index (χ0) is 25.7. The number of ether oxygens (including phenoxy) is 1. The Labute approximate surface area is 226 Å². The Hall–Kier alpha value is -2.45. The molecule has 0 bridgehead atoms. The van der Waals surface area contributed by atoms with Gasteiger partial charge < -0.3 is 9.64 Å². The topological polar surface area (TPSA) is 63.0 Å². The number of nitrogens with zero attached hydrogens (tertiary/aromatic N) is 2. The molecule has 3 aromatic carbocycles. The van der Waals surface area contributed by atoms with Crippen LogP contribution in [0.15, 0.2) is 78.9 Å². The smallest absolute Gasteiger partial charge is 0.119 e. The molecule has 37 heavy (non-hydrogen) atoms. The van der Waals surface area contributed by atoms with Crippen LogP contribution in [0.2, 0.25) is 5.02 Å². The largest absolute Gasteiger partial charge is 0.494 e. The van der Waals surface area contributed by atoms with Gasteiger partial charge in [0.25, 0.3) is 0 Å². The van der Waals surface area contributed by atoms with Crippen molar-refractivity contribution in [2.75, 3.05) is 45.9 Å². The highest BCUT2D eigenvalue weighted by molar-refractivity contribution is 6.30. The summed E-state index contributed by atoms with van der Waals surface area (Å²) >= 11 is 6.17. The number of hydrogen-bond acceptors (Lipinski definition) is 6. The zero-order valence-electron chi connectivity index (χ0n) is 21.5. The number of hydroxylamine groups is 1. The molecule has 3 aromatic rings. The maximum atomic E-state index is 6.17. The van der Waals surface area contributed by atoms with Crippen LogP contribution in [0.1, 0.15) is 42.0 Å². The SMILES string of the molecule is NONCCCCc1ccc(OCCCN2CCN([C@H](c3ccccc3)c3ccc(Cl)cc3)CC2)cc1. The fourth-order valence-electron chi connectivity index (χ4n) is 4.96. The number of hydrogen-bond donors (Lipinski definition) is 2. The maximum Gasteiger partial charge on any atom is 0.119 e. The summed E-state index contributed by atoms with van der Waals surface area (Å²) < 4.78 is 6.01.